The molecule has 2 rings (SSSR count). The summed E-state index contributed by atoms with van der Waals surface area (Å²) in [5.41, 5.74) is 2.08. The summed E-state index contributed by atoms with van der Waals surface area (Å²) >= 11 is 11.8. The zero-order chi connectivity index (χ0) is 10.1. The lowest BCUT2D eigenvalue weighted by Gasteiger charge is -2.04. The average Bonchev–Trinajstić information content (AvgIpc) is 2.17. The predicted octanol–water partition coefficient (Wildman–Crippen LogP) is 4.10. The lowest BCUT2D eigenvalue weighted by Crippen LogP contribution is -1.88. The molecule has 1 nitrogen and oxygen atoms in total. The molecule has 0 amide bonds. The summed E-state index contributed by atoms with van der Waals surface area (Å²) in [4.78, 5) is 4.29. The van der Waals surface area contributed by atoms with Gasteiger partial charge in [-0.25, -0.2) is 4.98 Å². The summed E-state index contributed by atoms with van der Waals surface area (Å²) in [5.74, 6) is 0. The largest absolute Gasteiger partial charge is 0.236 e. The molecule has 0 saturated heterocycles. The van der Waals surface area contributed by atoms with E-state index in [0.29, 0.717) is 5.15 Å². The Balaban J connectivity index is 2.81. The first-order chi connectivity index (χ1) is 6.70. The number of rotatable bonds is 1. The van der Waals surface area contributed by atoms with Crippen LogP contribution < -0.4 is 0 Å². The van der Waals surface area contributed by atoms with Crippen LogP contribution in [-0.4, -0.2) is 4.98 Å². The van der Waals surface area contributed by atoms with E-state index in [1.807, 2.05) is 18.2 Å². The Labute approximate surface area is 92.7 Å². The van der Waals surface area contributed by atoms with Crippen molar-refractivity contribution in [3.8, 4) is 0 Å². The molecule has 0 fully saturated rings. The molecule has 1 heterocycles. The first-order valence-electron chi connectivity index (χ1n) is 4.45. The number of pyridine rings is 1. The topological polar surface area (TPSA) is 12.9 Å². The van der Waals surface area contributed by atoms with Gasteiger partial charge in [-0.05, 0) is 36.2 Å². The highest BCUT2D eigenvalue weighted by Gasteiger charge is 2.03. The molecule has 0 spiro atoms. The third kappa shape index (κ3) is 1.70. The second-order valence-corrected chi connectivity index (χ2v) is 3.95. The molecule has 2 aromatic rings. The van der Waals surface area contributed by atoms with Crippen molar-refractivity contribution in [2.45, 2.75) is 13.3 Å². The molecule has 0 atom stereocenters. The number of benzene rings is 1. The van der Waals surface area contributed by atoms with Gasteiger partial charge in [-0.2, -0.15) is 0 Å². The molecular weight excluding hydrogens is 217 g/mol. The molecule has 14 heavy (non-hydrogen) atoms. The maximum Gasteiger partial charge on any atom is 0.129 e. The van der Waals surface area contributed by atoms with Crippen LogP contribution >= 0.6 is 23.2 Å². The molecule has 0 saturated carbocycles. The maximum absolute atomic E-state index is 5.98. The first-order valence-corrected chi connectivity index (χ1v) is 5.21. The number of nitrogens with zero attached hydrogens (tertiary/aromatic N) is 1. The third-order valence-electron chi connectivity index (χ3n) is 2.18. The maximum atomic E-state index is 5.98. The van der Waals surface area contributed by atoms with E-state index in [1.54, 1.807) is 6.07 Å². The molecule has 0 bridgehead atoms. The summed E-state index contributed by atoms with van der Waals surface area (Å²) in [6.45, 7) is 2.08. The van der Waals surface area contributed by atoms with E-state index in [9.17, 15) is 0 Å². The highest BCUT2D eigenvalue weighted by Crippen LogP contribution is 2.24. The van der Waals surface area contributed by atoms with Crippen molar-refractivity contribution in [2.24, 2.45) is 0 Å². The molecule has 0 unspecified atom stereocenters. The first kappa shape index (κ1) is 9.75. The number of hydrogen-bond donors (Lipinski definition) is 0. The SMILES string of the molecule is CCc1cc(Cl)cc2ccc(Cl)nc12. The molecule has 1 aromatic carbocycles. The normalized spacial score (nSPS) is 10.8. The predicted molar refractivity (Wildman–Crippen MR) is 61.1 cm³/mol. The van der Waals surface area contributed by atoms with Gasteiger partial charge in [-0.1, -0.05) is 30.1 Å². The summed E-state index contributed by atoms with van der Waals surface area (Å²) < 4.78 is 0. The van der Waals surface area contributed by atoms with E-state index in [4.69, 9.17) is 23.2 Å². The van der Waals surface area contributed by atoms with Gasteiger partial charge >= 0.3 is 0 Å². The Morgan fingerprint density at radius 2 is 2.00 bits per heavy atom. The molecule has 72 valence electrons. The van der Waals surface area contributed by atoms with E-state index in [-0.39, 0.29) is 0 Å². The molecule has 0 aliphatic carbocycles. The van der Waals surface area contributed by atoms with E-state index >= 15 is 0 Å². The van der Waals surface area contributed by atoms with Crippen LogP contribution in [0.4, 0.5) is 0 Å². The molecule has 0 radical (unpaired) electrons. The van der Waals surface area contributed by atoms with Crippen molar-refractivity contribution >= 4 is 34.1 Å². The summed E-state index contributed by atoms with van der Waals surface area (Å²) in [7, 11) is 0. The molecule has 1 aromatic heterocycles. The summed E-state index contributed by atoms with van der Waals surface area (Å²) in [6, 6.07) is 7.56. The van der Waals surface area contributed by atoms with Gasteiger partial charge in [0.25, 0.3) is 0 Å². The minimum absolute atomic E-state index is 0.523. The van der Waals surface area contributed by atoms with Crippen LogP contribution in [0.5, 0.6) is 0 Å². The molecule has 0 aliphatic heterocycles. The van der Waals surface area contributed by atoms with Gasteiger partial charge in [0.2, 0.25) is 0 Å². The van der Waals surface area contributed by atoms with Crippen molar-refractivity contribution in [1.82, 2.24) is 4.98 Å². The van der Waals surface area contributed by atoms with Crippen molar-refractivity contribution in [3.63, 3.8) is 0 Å². The van der Waals surface area contributed by atoms with Crippen molar-refractivity contribution in [2.75, 3.05) is 0 Å². The number of hydrogen-bond acceptors (Lipinski definition) is 1. The Hall–Kier alpha value is -0.790. The van der Waals surface area contributed by atoms with E-state index in [1.165, 1.54) is 0 Å². The van der Waals surface area contributed by atoms with Crippen LogP contribution in [0.2, 0.25) is 10.2 Å². The van der Waals surface area contributed by atoms with Crippen LogP contribution in [-0.2, 0) is 6.42 Å². The zero-order valence-electron chi connectivity index (χ0n) is 7.72. The van der Waals surface area contributed by atoms with Gasteiger partial charge in [0.1, 0.15) is 5.15 Å². The number of aromatic nitrogens is 1. The quantitative estimate of drug-likeness (QED) is 0.667. The fourth-order valence-electron chi connectivity index (χ4n) is 1.51. The van der Waals surface area contributed by atoms with E-state index in [2.05, 4.69) is 11.9 Å². The van der Waals surface area contributed by atoms with Crippen molar-refractivity contribution in [3.05, 3.63) is 40.0 Å². The molecule has 0 aliphatic rings. The van der Waals surface area contributed by atoms with Crippen LogP contribution in [0, 0.1) is 0 Å². The third-order valence-corrected chi connectivity index (χ3v) is 2.61. The Morgan fingerprint density at radius 3 is 2.71 bits per heavy atom. The standard InChI is InChI=1S/C11H9Cl2N/c1-2-7-5-9(12)6-8-3-4-10(13)14-11(7)8/h3-6H,2H2,1H3. The zero-order valence-corrected chi connectivity index (χ0v) is 9.23. The van der Waals surface area contributed by atoms with E-state index in [0.717, 1.165) is 27.9 Å². The summed E-state index contributed by atoms with van der Waals surface area (Å²) in [5, 5.41) is 2.31. The number of fused-ring (bicyclic) bond motifs is 1. The Kier molecular flexibility index (Phi) is 2.62. The lowest BCUT2D eigenvalue weighted by atomic mass is 10.1. The Morgan fingerprint density at radius 1 is 1.21 bits per heavy atom. The van der Waals surface area contributed by atoms with Crippen LogP contribution in [0.25, 0.3) is 10.9 Å². The van der Waals surface area contributed by atoms with Crippen molar-refractivity contribution in [1.29, 1.82) is 0 Å². The average molecular weight is 226 g/mol. The summed E-state index contributed by atoms with van der Waals surface area (Å²) in [6.07, 6.45) is 0.907. The van der Waals surface area contributed by atoms with Gasteiger partial charge in [-0.15, -0.1) is 0 Å². The van der Waals surface area contributed by atoms with Gasteiger partial charge in [0, 0.05) is 10.4 Å². The molecular formula is C11H9Cl2N. The van der Waals surface area contributed by atoms with Crippen molar-refractivity contribution < 1.29 is 0 Å². The van der Waals surface area contributed by atoms with Crippen LogP contribution in [0.15, 0.2) is 24.3 Å². The van der Waals surface area contributed by atoms with Crippen LogP contribution in [0.1, 0.15) is 12.5 Å². The number of aryl methyl sites for hydroxylation is 1. The number of halogens is 2. The second-order valence-electron chi connectivity index (χ2n) is 3.12. The fraction of sp³-hybridized carbons (Fsp3) is 0.182. The minimum Gasteiger partial charge on any atom is -0.236 e. The van der Waals surface area contributed by atoms with Gasteiger partial charge in [-0.3, -0.25) is 0 Å². The molecule has 0 N–H and O–H groups in total. The monoisotopic (exact) mass is 225 g/mol. The van der Waals surface area contributed by atoms with Crippen LogP contribution in [0.3, 0.4) is 0 Å². The highest BCUT2D eigenvalue weighted by molar-refractivity contribution is 6.31. The minimum atomic E-state index is 0.523. The van der Waals surface area contributed by atoms with Gasteiger partial charge in [0.15, 0.2) is 0 Å². The second kappa shape index (κ2) is 3.76. The van der Waals surface area contributed by atoms with Gasteiger partial charge in [0.05, 0.1) is 5.52 Å². The van der Waals surface area contributed by atoms with E-state index < -0.39 is 0 Å². The highest BCUT2D eigenvalue weighted by atomic mass is 35.5. The smallest absolute Gasteiger partial charge is 0.129 e. The lowest BCUT2D eigenvalue weighted by molar-refractivity contribution is 1.14. The molecule has 3 heteroatoms. The Bertz CT molecular complexity index is 480. The fourth-order valence-corrected chi connectivity index (χ4v) is 1.91. The van der Waals surface area contributed by atoms with Gasteiger partial charge < -0.3 is 0 Å².